The lowest BCUT2D eigenvalue weighted by Gasteiger charge is -2.19. The van der Waals surface area contributed by atoms with Gasteiger partial charge in [0.1, 0.15) is 0 Å². The van der Waals surface area contributed by atoms with E-state index in [0.29, 0.717) is 23.6 Å². The Morgan fingerprint density at radius 1 is 1.25 bits per heavy atom. The highest BCUT2D eigenvalue weighted by Crippen LogP contribution is 2.22. The lowest BCUT2D eigenvalue weighted by Crippen LogP contribution is -2.32. The molecule has 0 unspecified atom stereocenters. The van der Waals surface area contributed by atoms with Crippen LogP contribution in [-0.2, 0) is 4.79 Å². The predicted octanol–water partition coefficient (Wildman–Crippen LogP) is 3.19. The third kappa shape index (κ3) is 3.97. The van der Waals surface area contributed by atoms with Crippen molar-refractivity contribution in [1.82, 2.24) is 5.32 Å². The molecule has 1 rings (SSSR count). The molecule has 0 spiro atoms. The zero-order valence-electron chi connectivity index (χ0n) is 12.2. The van der Waals surface area contributed by atoms with Crippen LogP contribution in [0.4, 0.5) is 0 Å². The van der Waals surface area contributed by atoms with Gasteiger partial charge in [0, 0.05) is 6.54 Å². The van der Waals surface area contributed by atoms with Crippen LogP contribution in [0.25, 0.3) is 0 Å². The van der Waals surface area contributed by atoms with E-state index >= 15 is 0 Å². The standard InChI is InChI=1S/C15H20ClNO3/c1-9-7-11(12(16)8-10(9)2)13(18)17-6-5-15(3,4)14(19)20/h7-8H,5-6H2,1-4H3,(H,17,18)(H,19,20). The van der Waals surface area contributed by atoms with Gasteiger partial charge in [-0.2, -0.15) is 0 Å². The molecule has 0 fully saturated rings. The number of aliphatic carboxylic acids is 1. The Bertz CT molecular complexity index is 538. The second kappa shape index (κ2) is 6.27. The number of benzene rings is 1. The first kappa shape index (κ1) is 16.5. The van der Waals surface area contributed by atoms with Gasteiger partial charge in [-0.05, 0) is 57.4 Å². The van der Waals surface area contributed by atoms with Gasteiger partial charge in [-0.25, -0.2) is 0 Å². The maximum atomic E-state index is 12.0. The van der Waals surface area contributed by atoms with Gasteiger partial charge in [0.25, 0.3) is 5.91 Å². The lowest BCUT2D eigenvalue weighted by molar-refractivity contribution is -0.147. The molecule has 0 aliphatic carbocycles. The number of carbonyl (C=O) groups excluding carboxylic acids is 1. The Hall–Kier alpha value is -1.55. The molecule has 0 aliphatic heterocycles. The first-order valence-corrected chi connectivity index (χ1v) is 6.81. The molecule has 1 aromatic carbocycles. The molecule has 0 radical (unpaired) electrons. The van der Waals surface area contributed by atoms with Crippen molar-refractivity contribution in [3.05, 3.63) is 33.8 Å². The van der Waals surface area contributed by atoms with Crippen molar-refractivity contribution in [2.45, 2.75) is 34.1 Å². The zero-order valence-corrected chi connectivity index (χ0v) is 13.0. The molecular weight excluding hydrogens is 278 g/mol. The molecule has 2 N–H and O–H groups in total. The summed E-state index contributed by atoms with van der Waals surface area (Å²) in [5.41, 5.74) is 1.58. The molecule has 20 heavy (non-hydrogen) atoms. The summed E-state index contributed by atoms with van der Waals surface area (Å²) in [5.74, 6) is -1.16. The summed E-state index contributed by atoms with van der Waals surface area (Å²) in [5, 5.41) is 12.1. The molecule has 1 aromatic rings. The van der Waals surface area contributed by atoms with Gasteiger partial charge in [0.15, 0.2) is 0 Å². The van der Waals surface area contributed by atoms with Crippen LogP contribution in [0.1, 0.15) is 41.8 Å². The van der Waals surface area contributed by atoms with Crippen LogP contribution in [0.2, 0.25) is 5.02 Å². The number of nitrogens with one attached hydrogen (secondary N) is 1. The monoisotopic (exact) mass is 297 g/mol. The van der Waals surface area contributed by atoms with Crippen molar-refractivity contribution in [1.29, 1.82) is 0 Å². The minimum atomic E-state index is -0.879. The van der Waals surface area contributed by atoms with Crippen LogP contribution >= 0.6 is 11.6 Å². The largest absolute Gasteiger partial charge is 0.481 e. The number of carbonyl (C=O) groups is 2. The topological polar surface area (TPSA) is 66.4 Å². The quantitative estimate of drug-likeness (QED) is 0.877. The van der Waals surface area contributed by atoms with E-state index in [1.165, 1.54) is 0 Å². The molecule has 0 aliphatic rings. The molecular formula is C15H20ClNO3. The third-order valence-electron chi connectivity index (χ3n) is 3.44. The summed E-state index contributed by atoms with van der Waals surface area (Å²) < 4.78 is 0. The fraction of sp³-hybridized carbons (Fsp3) is 0.467. The van der Waals surface area contributed by atoms with Crippen molar-refractivity contribution in [2.24, 2.45) is 5.41 Å². The molecule has 0 saturated heterocycles. The average Bonchev–Trinajstić information content (AvgIpc) is 2.33. The molecule has 0 bridgehead atoms. The van der Waals surface area contributed by atoms with Gasteiger partial charge in [0.05, 0.1) is 16.0 Å². The van der Waals surface area contributed by atoms with Gasteiger partial charge < -0.3 is 10.4 Å². The highest BCUT2D eigenvalue weighted by Gasteiger charge is 2.26. The third-order valence-corrected chi connectivity index (χ3v) is 3.76. The zero-order chi connectivity index (χ0) is 15.5. The van der Waals surface area contributed by atoms with Crippen molar-refractivity contribution in [2.75, 3.05) is 6.54 Å². The Kier molecular flexibility index (Phi) is 5.17. The number of amides is 1. The van der Waals surface area contributed by atoms with Crippen molar-refractivity contribution in [3.63, 3.8) is 0 Å². The van der Waals surface area contributed by atoms with E-state index in [-0.39, 0.29) is 5.91 Å². The van der Waals surface area contributed by atoms with Crippen LogP contribution in [0.5, 0.6) is 0 Å². The Morgan fingerprint density at radius 3 is 2.35 bits per heavy atom. The predicted molar refractivity (Wildman–Crippen MR) is 79.3 cm³/mol. The molecule has 5 heteroatoms. The maximum absolute atomic E-state index is 12.0. The summed E-state index contributed by atoms with van der Waals surface area (Å²) in [6.07, 6.45) is 0.358. The van der Waals surface area contributed by atoms with Crippen LogP contribution in [0, 0.1) is 19.3 Å². The number of carboxylic acid groups (broad SMARTS) is 1. The summed E-state index contributed by atoms with van der Waals surface area (Å²) in [6, 6.07) is 3.50. The maximum Gasteiger partial charge on any atom is 0.309 e. The Labute approximate surface area is 124 Å². The number of carboxylic acids is 1. The number of rotatable bonds is 5. The molecule has 0 heterocycles. The Morgan fingerprint density at radius 2 is 1.80 bits per heavy atom. The highest BCUT2D eigenvalue weighted by atomic mass is 35.5. The fourth-order valence-electron chi connectivity index (χ4n) is 1.65. The van der Waals surface area contributed by atoms with Crippen molar-refractivity contribution >= 4 is 23.5 Å². The van der Waals surface area contributed by atoms with Gasteiger partial charge in [-0.15, -0.1) is 0 Å². The van der Waals surface area contributed by atoms with E-state index in [4.69, 9.17) is 16.7 Å². The minimum absolute atomic E-state index is 0.278. The van der Waals surface area contributed by atoms with Crippen LogP contribution in [0.3, 0.4) is 0 Å². The summed E-state index contributed by atoms with van der Waals surface area (Å²) in [4.78, 5) is 23.0. The SMILES string of the molecule is Cc1cc(Cl)c(C(=O)NCCC(C)(C)C(=O)O)cc1C. The summed E-state index contributed by atoms with van der Waals surface area (Å²) >= 11 is 6.06. The first-order valence-electron chi connectivity index (χ1n) is 6.43. The first-order chi connectivity index (χ1) is 9.15. The lowest BCUT2D eigenvalue weighted by atomic mass is 9.89. The molecule has 110 valence electrons. The van der Waals surface area contributed by atoms with E-state index in [2.05, 4.69) is 5.32 Å². The normalized spacial score (nSPS) is 11.2. The smallest absolute Gasteiger partial charge is 0.309 e. The summed E-state index contributed by atoms with van der Waals surface area (Å²) in [7, 11) is 0. The van der Waals surface area contributed by atoms with Crippen molar-refractivity contribution < 1.29 is 14.7 Å². The van der Waals surface area contributed by atoms with Gasteiger partial charge in [0.2, 0.25) is 0 Å². The molecule has 4 nitrogen and oxygen atoms in total. The van der Waals surface area contributed by atoms with E-state index < -0.39 is 11.4 Å². The highest BCUT2D eigenvalue weighted by molar-refractivity contribution is 6.34. The van der Waals surface area contributed by atoms with E-state index in [0.717, 1.165) is 11.1 Å². The van der Waals surface area contributed by atoms with Crippen LogP contribution in [-0.4, -0.2) is 23.5 Å². The molecule has 0 aromatic heterocycles. The van der Waals surface area contributed by atoms with Gasteiger partial charge >= 0.3 is 5.97 Å². The second-order valence-electron chi connectivity index (χ2n) is 5.61. The van der Waals surface area contributed by atoms with E-state index in [9.17, 15) is 9.59 Å². The Balaban J connectivity index is 2.69. The number of hydrogen-bond donors (Lipinski definition) is 2. The molecule has 0 atom stereocenters. The second-order valence-corrected chi connectivity index (χ2v) is 6.02. The minimum Gasteiger partial charge on any atom is -0.481 e. The van der Waals surface area contributed by atoms with Gasteiger partial charge in [-0.3, -0.25) is 9.59 Å². The molecule has 0 saturated carbocycles. The average molecular weight is 298 g/mol. The van der Waals surface area contributed by atoms with Crippen LogP contribution in [0.15, 0.2) is 12.1 Å². The van der Waals surface area contributed by atoms with E-state index in [1.54, 1.807) is 26.0 Å². The number of halogens is 1. The van der Waals surface area contributed by atoms with Crippen LogP contribution < -0.4 is 5.32 Å². The van der Waals surface area contributed by atoms with E-state index in [1.807, 2.05) is 13.8 Å². The van der Waals surface area contributed by atoms with Crippen molar-refractivity contribution in [3.8, 4) is 0 Å². The summed E-state index contributed by atoms with van der Waals surface area (Å²) in [6.45, 7) is 7.39. The fourth-order valence-corrected chi connectivity index (χ4v) is 1.95. The number of aryl methyl sites for hydroxylation is 2. The number of hydrogen-bond acceptors (Lipinski definition) is 2. The molecule has 1 amide bonds. The van der Waals surface area contributed by atoms with Gasteiger partial charge in [-0.1, -0.05) is 11.6 Å².